The molecule has 0 spiro atoms. The number of ether oxygens (including phenoxy) is 1. The third kappa shape index (κ3) is 2.62. The lowest BCUT2D eigenvalue weighted by Gasteiger charge is -2.07. The molecule has 1 heterocycles. The first kappa shape index (κ1) is 12.4. The van der Waals surface area contributed by atoms with Gasteiger partial charge in [-0.1, -0.05) is 11.6 Å². The Morgan fingerprint density at radius 3 is 2.67 bits per heavy atom. The number of nitrogens with zero attached hydrogens (tertiary/aromatic N) is 2. The summed E-state index contributed by atoms with van der Waals surface area (Å²) >= 11 is 5.76. The lowest BCUT2D eigenvalue weighted by atomic mass is 10.3. The summed E-state index contributed by atoms with van der Waals surface area (Å²) in [5.74, 6) is -0.405. The summed E-state index contributed by atoms with van der Waals surface area (Å²) < 4.78 is 6.99. The van der Waals surface area contributed by atoms with E-state index in [0.717, 1.165) is 0 Å². The summed E-state index contributed by atoms with van der Waals surface area (Å²) in [4.78, 5) is 14.6. The molecule has 0 amide bonds. The number of halogens is 1. The molecule has 18 heavy (non-hydrogen) atoms. The summed E-state index contributed by atoms with van der Waals surface area (Å²) in [5, 5.41) is 9.49. The number of hydrogen-bond acceptors (Lipinski definition) is 3. The molecule has 0 fully saturated rings. The highest BCUT2D eigenvalue weighted by molar-refractivity contribution is 6.30. The lowest BCUT2D eigenvalue weighted by Crippen LogP contribution is -2.09. The Hall–Kier alpha value is -2.01. The van der Waals surface area contributed by atoms with Crippen LogP contribution >= 0.6 is 11.6 Å². The number of carboxylic acid groups (broad SMARTS) is 1. The van der Waals surface area contributed by atoms with E-state index in [9.17, 15) is 4.79 Å². The molecule has 94 valence electrons. The zero-order valence-electron chi connectivity index (χ0n) is 9.63. The molecule has 0 unspecified atom stereocenters. The van der Waals surface area contributed by atoms with Crippen LogP contribution in [0.15, 0.2) is 30.5 Å². The maximum absolute atomic E-state index is 10.8. The smallest absolute Gasteiger partial charge is 0.372 e. The van der Waals surface area contributed by atoms with Crippen molar-refractivity contribution < 1.29 is 14.6 Å². The fraction of sp³-hybridized carbons (Fsp3) is 0.167. The van der Waals surface area contributed by atoms with Crippen LogP contribution in [0.4, 0.5) is 0 Å². The van der Waals surface area contributed by atoms with Crippen molar-refractivity contribution >= 4 is 17.6 Å². The summed E-state index contributed by atoms with van der Waals surface area (Å²) in [7, 11) is 1.64. The van der Waals surface area contributed by atoms with E-state index >= 15 is 0 Å². The van der Waals surface area contributed by atoms with E-state index in [2.05, 4.69) is 4.98 Å². The summed E-state index contributed by atoms with van der Waals surface area (Å²) in [6, 6.07) is 6.94. The quantitative estimate of drug-likeness (QED) is 0.923. The van der Waals surface area contributed by atoms with Crippen molar-refractivity contribution in [1.29, 1.82) is 0 Å². The Bertz CT molecular complexity index is 563. The van der Waals surface area contributed by atoms with E-state index in [4.69, 9.17) is 21.4 Å². The molecule has 2 aromatic rings. The molecule has 6 heteroatoms. The normalized spacial score (nSPS) is 10.3. The van der Waals surface area contributed by atoms with E-state index < -0.39 is 5.97 Å². The summed E-state index contributed by atoms with van der Waals surface area (Å²) in [6.07, 6.45) is 1.49. The largest absolute Gasteiger partial charge is 0.487 e. The maximum Gasteiger partial charge on any atom is 0.372 e. The van der Waals surface area contributed by atoms with E-state index in [0.29, 0.717) is 16.5 Å². The predicted octanol–water partition coefficient (Wildman–Crippen LogP) is 2.35. The lowest BCUT2D eigenvalue weighted by molar-refractivity contribution is 0.0679. The molecule has 0 saturated carbocycles. The van der Waals surface area contributed by atoms with Crippen LogP contribution in [-0.4, -0.2) is 20.6 Å². The second-order valence-electron chi connectivity index (χ2n) is 3.68. The van der Waals surface area contributed by atoms with Gasteiger partial charge in [0.1, 0.15) is 12.4 Å². The molecular formula is C12H11ClN2O3. The van der Waals surface area contributed by atoms with Gasteiger partial charge in [-0.05, 0) is 24.3 Å². The van der Waals surface area contributed by atoms with Gasteiger partial charge in [0, 0.05) is 12.1 Å². The predicted molar refractivity (Wildman–Crippen MR) is 66.0 cm³/mol. The zero-order valence-corrected chi connectivity index (χ0v) is 10.4. The molecular weight excluding hydrogens is 256 g/mol. The van der Waals surface area contributed by atoms with Crippen LogP contribution in [0.1, 0.15) is 16.3 Å². The molecule has 5 nitrogen and oxygen atoms in total. The number of aromatic nitrogens is 2. The number of imidazole rings is 1. The van der Waals surface area contributed by atoms with Crippen LogP contribution in [0.5, 0.6) is 5.75 Å². The van der Waals surface area contributed by atoms with Gasteiger partial charge in [0.2, 0.25) is 5.82 Å². The Balaban J connectivity index is 2.06. The Morgan fingerprint density at radius 2 is 2.11 bits per heavy atom. The molecule has 0 saturated heterocycles. The highest BCUT2D eigenvalue weighted by Gasteiger charge is 2.12. The second kappa shape index (κ2) is 5.10. The summed E-state index contributed by atoms with van der Waals surface area (Å²) in [6.45, 7) is 0.248. The number of carbonyl (C=O) groups is 1. The second-order valence-corrected chi connectivity index (χ2v) is 4.12. The van der Waals surface area contributed by atoms with Crippen LogP contribution in [0.2, 0.25) is 5.02 Å². The van der Waals surface area contributed by atoms with Crippen LogP contribution in [0, 0.1) is 0 Å². The fourth-order valence-corrected chi connectivity index (χ4v) is 1.59. The summed E-state index contributed by atoms with van der Waals surface area (Å²) in [5.41, 5.74) is 0.683. The minimum absolute atomic E-state index is 0.00953. The number of aromatic carboxylic acids is 1. The average molecular weight is 267 g/mol. The van der Waals surface area contributed by atoms with Crippen LogP contribution in [0.3, 0.4) is 0 Å². The van der Waals surface area contributed by atoms with Crippen molar-refractivity contribution in [3.63, 3.8) is 0 Å². The number of hydrogen-bond donors (Lipinski definition) is 1. The number of carboxylic acids is 1. The number of benzene rings is 1. The maximum atomic E-state index is 10.8. The number of rotatable bonds is 4. The van der Waals surface area contributed by atoms with Gasteiger partial charge in [0.05, 0.1) is 11.9 Å². The third-order valence-corrected chi connectivity index (χ3v) is 2.73. The molecule has 0 aliphatic heterocycles. The minimum Gasteiger partial charge on any atom is -0.487 e. The molecule has 0 atom stereocenters. The molecule has 0 bridgehead atoms. The molecule has 1 N–H and O–H groups in total. The topological polar surface area (TPSA) is 64.4 Å². The molecule has 0 radical (unpaired) electrons. The van der Waals surface area contributed by atoms with Crippen LogP contribution < -0.4 is 4.74 Å². The van der Waals surface area contributed by atoms with Crippen LogP contribution in [0.25, 0.3) is 0 Å². The first-order valence-corrected chi connectivity index (χ1v) is 5.58. The first-order valence-electron chi connectivity index (χ1n) is 5.20. The van der Waals surface area contributed by atoms with Crippen molar-refractivity contribution in [2.75, 3.05) is 0 Å². The van der Waals surface area contributed by atoms with Gasteiger partial charge in [-0.3, -0.25) is 0 Å². The monoisotopic (exact) mass is 266 g/mol. The van der Waals surface area contributed by atoms with Gasteiger partial charge in [0.25, 0.3) is 0 Å². The highest BCUT2D eigenvalue weighted by atomic mass is 35.5. The standard InChI is InChI=1S/C12H11ClN2O3/c1-15-9(6-14-11(15)12(16)17)7-18-10-4-2-8(13)3-5-10/h2-6H,7H2,1H3,(H,16,17). The molecule has 1 aromatic heterocycles. The van der Waals surface area contributed by atoms with E-state index in [1.807, 2.05) is 0 Å². The highest BCUT2D eigenvalue weighted by Crippen LogP contribution is 2.17. The molecule has 0 aliphatic carbocycles. The van der Waals surface area contributed by atoms with Gasteiger partial charge in [-0.2, -0.15) is 0 Å². The van der Waals surface area contributed by atoms with Gasteiger partial charge in [0.15, 0.2) is 0 Å². The van der Waals surface area contributed by atoms with Gasteiger partial charge in [-0.25, -0.2) is 9.78 Å². The minimum atomic E-state index is -1.06. The Labute approximate surface area is 109 Å². The molecule has 1 aromatic carbocycles. The average Bonchev–Trinajstić information content (AvgIpc) is 2.70. The van der Waals surface area contributed by atoms with Crippen molar-refractivity contribution in [2.45, 2.75) is 6.61 Å². The van der Waals surface area contributed by atoms with Crippen molar-refractivity contribution in [3.05, 3.63) is 47.0 Å². The van der Waals surface area contributed by atoms with Gasteiger partial charge < -0.3 is 14.4 Å². The Morgan fingerprint density at radius 1 is 1.44 bits per heavy atom. The van der Waals surface area contributed by atoms with Crippen molar-refractivity contribution in [1.82, 2.24) is 9.55 Å². The molecule has 2 rings (SSSR count). The van der Waals surface area contributed by atoms with Crippen molar-refractivity contribution in [3.8, 4) is 5.75 Å². The molecule has 0 aliphatic rings. The first-order chi connectivity index (χ1) is 8.58. The van der Waals surface area contributed by atoms with Gasteiger partial charge >= 0.3 is 5.97 Å². The van der Waals surface area contributed by atoms with E-state index in [-0.39, 0.29) is 12.4 Å². The zero-order chi connectivity index (χ0) is 13.1. The van der Waals surface area contributed by atoms with Crippen molar-refractivity contribution in [2.24, 2.45) is 7.05 Å². The van der Waals surface area contributed by atoms with E-state index in [1.165, 1.54) is 10.8 Å². The fourth-order valence-electron chi connectivity index (χ4n) is 1.47. The van der Waals surface area contributed by atoms with Gasteiger partial charge in [-0.15, -0.1) is 0 Å². The SMILES string of the molecule is Cn1c(COc2ccc(Cl)cc2)cnc1C(=O)O. The van der Waals surface area contributed by atoms with Crippen LogP contribution in [-0.2, 0) is 13.7 Å². The Kier molecular flexibility index (Phi) is 3.53. The third-order valence-electron chi connectivity index (χ3n) is 2.48. The van der Waals surface area contributed by atoms with E-state index in [1.54, 1.807) is 31.3 Å².